The minimum absolute atomic E-state index is 0.0295. The van der Waals surface area contributed by atoms with E-state index in [1.807, 2.05) is 30.0 Å². The van der Waals surface area contributed by atoms with Gasteiger partial charge >= 0.3 is 0 Å². The van der Waals surface area contributed by atoms with Gasteiger partial charge in [-0.1, -0.05) is 15.9 Å². The largest absolute Gasteiger partial charge is 0.381 e. The summed E-state index contributed by atoms with van der Waals surface area (Å²) in [4.78, 5) is 28.8. The summed E-state index contributed by atoms with van der Waals surface area (Å²) in [6, 6.07) is 5.85. The molecule has 1 aromatic carbocycles. The Labute approximate surface area is 151 Å². The van der Waals surface area contributed by atoms with Crippen molar-refractivity contribution in [3.8, 4) is 0 Å². The van der Waals surface area contributed by atoms with Gasteiger partial charge in [0.15, 0.2) is 0 Å². The summed E-state index contributed by atoms with van der Waals surface area (Å²) in [7, 11) is 1.72. The number of ether oxygens (including phenoxy) is 1. The van der Waals surface area contributed by atoms with Gasteiger partial charge in [0.05, 0.1) is 12.0 Å². The van der Waals surface area contributed by atoms with Gasteiger partial charge in [-0.25, -0.2) is 0 Å². The summed E-state index contributed by atoms with van der Waals surface area (Å²) < 4.78 is 6.37. The number of benzene rings is 1. The van der Waals surface area contributed by atoms with Crippen LogP contribution in [0.5, 0.6) is 0 Å². The lowest BCUT2D eigenvalue weighted by atomic mass is 10.0. The van der Waals surface area contributed by atoms with E-state index in [4.69, 9.17) is 4.74 Å². The van der Waals surface area contributed by atoms with E-state index >= 15 is 0 Å². The third kappa shape index (κ3) is 3.49. The predicted octanol–water partition coefficient (Wildman–Crippen LogP) is 2.75. The minimum Gasteiger partial charge on any atom is -0.381 e. The molecule has 0 bridgehead atoms. The monoisotopic (exact) mass is 394 g/mol. The molecule has 130 valence electrons. The summed E-state index contributed by atoms with van der Waals surface area (Å²) in [5.41, 5.74) is 1.95. The number of anilines is 1. The van der Waals surface area contributed by atoms with E-state index in [9.17, 15) is 9.59 Å². The lowest BCUT2D eigenvalue weighted by molar-refractivity contribution is -0.138. The first kappa shape index (κ1) is 17.4. The topological polar surface area (TPSA) is 49.9 Å². The zero-order valence-electron chi connectivity index (χ0n) is 14.1. The van der Waals surface area contributed by atoms with Crippen LogP contribution in [0.15, 0.2) is 22.7 Å². The number of nitrogens with zero attached hydrogens (tertiary/aromatic N) is 2. The lowest BCUT2D eigenvalue weighted by Gasteiger charge is -2.32. The molecule has 5 nitrogen and oxygen atoms in total. The number of likely N-dealkylation sites (tertiary alicyclic amines) is 1. The van der Waals surface area contributed by atoms with E-state index in [2.05, 4.69) is 15.9 Å². The van der Waals surface area contributed by atoms with Crippen LogP contribution in [0.1, 0.15) is 24.8 Å². The van der Waals surface area contributed by atoms with Gasteiger partial charge in [-0.3, -0.25) is 9.59 Å². The predicted molar refractivity (Wildman–Crippen MR) is 96.0 cm³/mol. The Morgan fingerprint density at radius 2 is 2.00 bits per heavy atom. The van der Waals surface area contributed by atoms with Crippen molar-refractivity contribution in [2.75, 3.05) is 31.6 Å². The molecule has 2 aliphatic heterocycles. The van der Waals surface area contributed by atoms with E-state index in [1.165, 1.54) is 0 Å². The number of aryl methyl sites for hydroxylation is 1. The average molecular weight is 395 g/mol. The maximum Gasteiger partial charge on any atom is 0.228 e. The summed E-state index contributed by atoms with van der Waals surface area (Å²) in [5, 5.41) is 0. The van der Waals surface area contributed by atoms with Gasteiger partial charge in [0.1, 0.15) is 0 Å². The second kappa shape index (κ2) is 7.23. The van der Waals surface area contributed by atoms with Gasteiger partial charge in [0, 0.05) is 43.3 Å². The lowest BCUT2D eigenvalue weighted by Crippen LogP contribution is -2.44. The number of piperidine rings is 1. The second-order valence-electron chi connectivity index (χ2n) is 6.60. The SMILES string of the molecule is COC1CCN(C(=O)[C@@H]2CC(=O)N(c3ccc(Br)c(C)c3)C2)CC1. The molecule has 0 aromatic heterocycles. The van der Waals surface area contributed by atoms with Gasteiger partial charge < -0.3 is 14.5 Å². The fourth-order valence-corrected chi connectivity index (χ4v) is 3.74. The Hall–Kier alpha value is -1.40. The molecule has 0 saturated carbocycles. The summed E-state index contributed by atoms with van der Waals surface area (Å²) in [6.07, 6.45) is 2.30. The van der Waals surface area contributed by atoms with Crippen LogP contribution in [-0.2, 0) is 14.3 Å². The molecule has 6 heteroatoms. The summed E-state index contributed by atoms with van der Waals surface area (Å²) in [5.74, 6) is -0.100. The summed E-state index contributed by atoms with van der Waals surface area (Å²) in [6.45, 7) is 3.92. The number of carbonyl (C=O) groups is 2. The standard InChI is InChI=1S/C18H23BrN2O3/c1-12-9-14(3-4-16(12)19)21-11-13(10-17(21)22)18(23)20-7-5-15(24-2)6-8-20/h3-4,9,13,15H,5-8,10-11H2,1-2H3/t13-/m1/s1. The van der Waals surface area contributed by atoms with Crippen LogP contribution in [0.3, 0.4) is 0 Å². The zero-order valence-corrected chi connectivity index (χ0v) is 15.7. The fraction of sp³-hybridized carbons (Fsp3) is 0.556. The Morgan fingerprint density at radius 3 is 2.62 bits per heavy atom. The Balaban J connectivity index is 1.66. The maximum atomic E-state index is 12.7. The highest BCUT2D eigenvalue weighted by molar-refractivity contribution is 9.10. The molecule has 2 aliphatic rings. The number of amides is 2. The van der Waals surface area contributed by atoms with Gasteiger partial charge in [-0.15, -0.1) is 0 Å². The molecule has 3 rings (SSSR count). The Morgan fingerprint density at radius 1 is 1.29 bits per heavy atom. The van der Waals surface area contributed by atoms with Crippen molar-refractivity contribution in [2.45, 2.75) is 32.3 Å². The van der Waals surface area contributed by atoms with Gasteiger partial charge in [0.25, 0.3) is 0 Å². The molecule has 0 aliphatic carbocycles. The van der Waals surface area contributed by atoms with Crippen molar-refractivity contribution in [1.29, 1.82) is 0 Å². The maximum absolute atomic E-state index is 12.7. The molecule has 2 heterocycles. The molecule has 0 unspecified atom stereocenters. The number of methoxy groups -OCH3 is 1. The second-order valence-corrected chi connectivity index (χ2v) is 7.45. The van der Waals surface area contributed by atoms with Crippen LogP contribution in [0.4, 0.5) is 5.69 Å². The van der Waals surface area contributed by atoms with Crippen LogP contribution in [0.25, 0.3) is 0 Å². The molecule has 2 amide bonds. The molecule has 0 radical (unpaired) electrons. The van der Waals surface area contributed by atoms with Crippen LogP contribution >= 0.6 is 15.9 Å². The van der Waals surface area contributed by atoms with Gasteiger partial charge in [-0.05, 0) is 43.5 Å². The van der Waals surface area contributed by atoms with Crippen molar-refractivity contribution in [3.05, 3.63) is 28.2 Å². The molecule has 2 saturated heterocycles. The highest BCUT2D eigenvalue weighted by atomic mass is 79.9. The minimum atomic E-state index is -0.236. The number of hydrogen-bond donors (Lipinski definition) is 0. The van der Waals surface area contributed by atoms with Crippen molar-refractivity contribution in [1.82, 2.24) is 4.90 Å². The van der Waals surface area contributed by atoms with Crippen molar-refractivity contribution < 1.29 is 14.3 Å². The fourth-order valence-electron chi connectivity index (χ4n) is 3.49. The van der Waals surface area contributed by atoms with E-state index < -0.39 is 0 Å². The van der Waals surface area contributed by atoms with E-state index in [-0.39, 0.29) is 23.8 Å². The smallest absolute Gasteiger partial charge is 0.228 e. The third-order valence-electron chi connectivity index (χ3n) is 5.01. The van der Waals surface area contributed by atoms with Crippen LogP contribution in [-0.4, -0.2) is 49.6 Å². The molecule has 2 fully saturated rings. The molecule has 24 heavy (non-hydrogen) atoms. The van der Waals surface area contributed by atoms with E-state index in [0.29, 0.717) is 13.0 Å². The Kier molecular flexibility index (Phi) is 5.25. The Bertz CT molecular complexity index is 641. The van der Waals surface area contributed by atoms with Crippen LogP contribution in [0, 0.1) is 12.8 Å². The van der Waals surface area contributed by atoms with E-state index in [1.54, 1.807) is 12.0 Å². The van der Waals surface area contributed by atoms with E-state index in [0.717, 1.165) is 41.7 Å². The quantitative estimate of drug-likeness (QED) is 0.791. The first-order valence-electron chi connectivity index (χ1n) is 8.37. The van der Waals surface area contributed by atoms with Crippen molar-refractivity contribution in [3.63, 3.8) is 0 Å². The first-order valence-corrected chi connectivity index (χ1v) is 9.17. The number of halogens is 1. The van der Waals surface area contributed by atoms with Crippen molar-refractivity contribution >= 4 is 33.4 Å². The third-order valence-corrected chi connectivity index (χ3v) is 5.90. The van der Waals surface area contributed by atoms with Crippen LogP contribution in [0.2, 0.25) is 0 Å². The van der Waals surface area contributed by atoms with Crippen molar-refractivity contribution in [2.24, 2.45) is 5.92 Å². The average Bonchev–Trinajstić information content (AvgIpc) is 2.98. The number of hydrogen-bond acceptors (Lipinski definition) is 3. The first-order chi connectivity index (χ1) is 11.5. The molecular weight excluding hydrogens is 372 g/mol. The zero-order chi connectivity index (χ0) is 17.3. The summed E-state index contributed by atoms with van der Waals surface area (Å²) >= 11 is 3.48. The molecule has 0 N–H and O–H groups in total. The van der Waals surface area contributed by atoms with Crippen LogP contribution < -0.4 is 4.90 Å². The number of rotatable bonds is 3. The molecule has 1 atom stereocenters. The normalized spacial score (nSPS) is 22.3. The van der Waals surface area contributed by atoms with Gasteiger partial charge in [0.2, 0.25) is 11.8 Å². The molecule has 0 spiro atoms. The van der Waals surface area contributed by atoms with Gasteiger partial charge in [-0.2, -0.15) is 0 Å². The molecule has 1 aromatic rings. The number of carbonyl (C=O) groups excluding carboxylic acids is 2. The highest BCUT2D eigenvalue weighted by Crippen LogP contribution is 2.30. The molecular formula is C18H23BrN2O3. The highest BCUT2D eigenvalue weighted by Gasteiger charge is 2.38.